The van der Waals surface area contributed by atoms with Gasteiger partial charge in [-0.3, -0.25) is 4.79 Å². The molecule has 1 rings (SSSR count). The zero-order chi connectivity index (χ0) is 18.5. The van der Waals surface area contributed by atoms with Gasteiger partial charge in [-0.05, 0) is 33.8 Å². The van der Waals surface area contributed by atoms with E-state index in [0.29, 0.717) is 5.69 Å². The number of carbonyl (C=O) groups is 2. The van der Waals surface area contributed by atoms with Gasteiger partial charge >= 0.3 is 12.3 Å². The Balaban J connectivity index is 2.73. The standard InChI is InChI=1S/C14H19F3N4O3/c1-8-5-9(20-7-19-8)11(22)21-10(14(15,16)17)6-18-12(23)24-13(2,3)4/h5,7,10H,6H2,1-4H3,(H,18,23)(H,21,22). The molecule has 0 aliphatic heterocycles. The predicted octanol–water partition coefficient (Wildman–Crippen LogP) is 1.97. The van der Waals surface area contributed by atoms with Crippen molar-refractivity contribution in [2.75, 3.05) is 6.54 Å². The molecule has 2 N–H and O–H groups in total. The summed E-state index contributed by atoms with van der Waals surface area (Å²) in [6.07, 6.45) is -4.69. The van der Waals surface area contributed by atoms with Crippen molar-refractivity contribution >= 4 is 12.0 Å². The molecule has 10 heteroatoms. The first kappa shape index (κ1) is 19.7. The van der Waals surface area contributed by atoms with Crippen LogP contribution in [0.3, 0.4) is 0 Å². The summed E-state index contributed by atoms with van der Waals surface area (Å²) in [6, 6.07) is -1.03. The minimum Gasteiger partial charge on any atom is -0.444 e. The third-order valence-corrected chi connectivity index (χ3v) is 2.59. The van der Waals surface area contributed by atoms with Gasteiger partial charge in [-0.15, -0.1) is 0 Å². The molecule has 1 aromatic heterocycles. The van der Waals surface area contributed by atoms with Crippen LogP contribution in [-0.2, 0) is 4.74 Å². The van der Waals surface area contributed by atoms with E-state index in [1.807, 2.05) is 5.32 Å². The number of ether oxygens (including phenoxy) is 1. The summed E-state index contributed by atoms with van der Waals surface area (Å²) in [5.41, 5.74) is -0.612. The van der Waals surface area contributed by atoms with E-state index in [1.54, 1.807) is 33.0 Å². The van der Waals surface area contributed by atoms with Crippen LogP contribution in [0.25, 0.3) is 0 Å². The highest BCUT2D eigenvalue weighted by Crippen LogP contribution is 2.20. The first-order chi connectivity index (χ1) is 10.9. The highest BCUT2D eigenvalue weighted by atomic mass is 19.4. The molecule has 0 saturated carbocycles. The van der Waals surface area contributed by atoms with Gasteiger partial charge in [0.1, 0.15) is 23.7 Å². The van der Waals surface area contributed by atoms with E-state index in [4.69, 9.17) is 4.74 Å². The third-order valence-electron chi connectivity index (χ3n) is 2.59. The van der Waals surface area contributed by atoms with E-state index in [1.165, 1.54) is 6.07 Å². The zero-order valence-corrected chi connectivity index (χ0v) is 13.7. The van der Waals surface area contributed by atoms with Crippen molar-refractivity contribution in [3.05, 3.63) is 23.8 Å². The Morgan fingerprint density at radius 3 is 2.38 bits per heavy atom. The quantitative estimate of drug-likeness (QED) is 0.868. The van der Waals surface area contributed by atoms with E-state index in [2.05, 4.69) is 9.97 Å². The number of amides is 2. The Labute approximate surface area is 137 Å². The largest absolute Gasteiger partial charge is 0.444 e. The molecule has 0 aromatic carbocycles. The Hall–Kier alpha value is -2.39. The molecular formula is C14H19F3N4O3. The number of rotatable bonds is 4. The molecule has 0 radical (unpaired) electrons. The van der Waals surface area contributed by atoms with Crippen molar-refractivity contribution in [3.63, 3.8) is 0 Å². The van der Waals surface area contributed by atoms with E-state index in [9.17, 15) is 22.8 Å². The molecule has 7 nitrogen and oxygen atoms in total. The molecule has 0 fully saturated rings. The second-order valence-electron chi connectivity index (χ2n) is 6.00. The number of hydrogen-bond acceptors (Lipinski definition) is 5. The minimum atomic E-state index is -4.76. The molecule has 0 aliphatic rings. The summed E-state index contributed by atoms with van der Waals surface area (Å²) in [5, 5.41) is 3.78. The average molecular weight is 348 g/mol. The van der Waals surface area contributed by atoms with Gasteiger partial charge in [0, 0.05) is 5.69 Å². The average Bonchev–Trinajstić information content (AvgIpc) is 2.39. The lowest BCUT2D eigenvalue weighted by atomic mass is 10.2. The number of halogens is 3. The Bertz CT molecular complexity index is 600. The molecule has 0 aliphatic carbocycles. The molecule has 0 saturated heterocycles. The van der Waals surface area contributed by atoms with Gasteiger partial charge in [0.05, 0.1) is 6.54 Å². The number of nitrogens with one attached hydrogen (secondary N) is 2. The van der Waals surface area contributed by atoms with Crippen molar-refractivity contribution < 1.29 is 27.5 Å². The molecular weight excluding hydrogens is 329 g/mol. The van der Waals surface area contributed by atoms with Gasteiger partial charge in [-0.2, -0.15) is 13.2 Å². The van der Waals surface area contributed by atoms with Crippen LogP contribution in [0, 0.1) is 6.92 Å². The zero-order valence-electron chi connectivity index (χ0n) is 13.7. The minimum absolute atomic E-state index is 0.200. The summed E-state index contributed by atoms with van der Waals surface area (Å²) in [7, 11) is 0. The summed E-state index contributed by atoms with van der Waals surface area (Å²) < 4.78 is 43.9. The predicted molar refractivity (Wildman–Crippen MR) is 78.3 cm³/mol. The number of carbonyl (C=O) groups excluding carboxylic acids is 2. The van der Waals surface area contributed by atoms with Gasteiger partial charge in [0.2, 0.25) is 0 Å². The van der Waals surface area contributed by atoms with Crippen LogP contribution in [0.15, 0.2) is 12.4 Å². The molecule has 1 heterocycles. The van der Waals surface area contributed by atoms with Gasteiger partial charge < -0.3 is 15.4 Å². The number of nitrogens with zero attached hydrogens (tertiary/aromatic N) is 2. The fourth-order valence-corrected chi connectivity index (χ4v) is 1.56. The number of aromatic nitrogens is 2. The topological polar surface area (TPSA) is 93.2 Å². The molecule has 1 aromatic rings. The van der Waals surface area contributed by atoms with Gasteiger partial charge in [-0.1, -0.05) is 0 Å². The SMILES string of the molecule is Cc1cc(C(=O)NC(CNC(=O)OC(C)(C)C)C(F)(F)F)ncn1. The normalized spacial score (nSPS) is 13.1. The van der Waals surface area contributed by atoms with Crippen molar-refractivity contribution in [3.8, 4) is 0 Å². The number of alkyl halides is 3. The Morgan fingerprint density at radius 1 is 1.25 bits per heavy atom. The van der Waals surface area contributed by atoms with E-state index >= 15 is 0 Å². The van der Waals surface area contributed by atoms with E-state index in [0.717, 1.165) is 6.33 Å². The second-order valence-corrected chi connectivity index (χ2v) is 6.00. The summed E-state index contributed by atoms with van der Waals surface area (Å²) >= 11 is 0. The first-order valence-corrected chi connectivity index (χ1v) is 7.01. The van der Waals surface area contributed by atoms with Gasteiger partial charge in [-0.25, -0.2) is 14.8 Å². The lowest BCUT2D eigenvalue weighted by Gasteiger charge is -2.24. The Morgan fingerprint density at radius 2 is 1.88 bits per heavy atom. The summed E-state index contributed by atoms with van der Waals surface area (Å²) in [6.45, 7) is 5.44. The van der Waals surface area contributed by atoms with E-state index in [-0.39, 0.29) is 5.69 Å². The Kier molecular flexibility index (Phi) is 6.10. The summed E-state index contributed by atoms with van der Waals surface area (Å²) in [5.74, 6) is -1.02. The van der Waals surface area contributed by atoms with Crippen LogP contribution in [0.1, 0.15) is 37.0 Å². The molecule has 0 bridgehead atoms. The van der Waals surface area contributed by atoms with Crippen molar-refractivity contribution in [1.82, 2.24) is 20.6 Å². The number of aryl methyl sites for hydroxylation is 1. The molecule has 24 heavy (non-hydrogen) atoms. The van der Waals surface area contributed by atoms with Crippen molar-refractivity contribution in [2.24, 2.45) is 0 Å². The number of alkyl carbamates (subject to hydrolysis) is 1. The second kappa shape index (κ2) is 7.45. The van der Waals surface area contributed by atoms with Crippen LogP contribution in [0.5, 0.6) is 0 Å². The van der Waals surface area contributed by atoms with Crippen LogP contribution >= 0.6 is 0 Å². The first-order valence-electron chi connectivity index (χ1n) is 7.01. The summed E-state index contributed by atoms with van der Waals surface area (Å²) in [4.78, 5) is 30.7. The maximum absolute atomic E-state index is 13.0. The molecule has 0 spiro atoms. The van der Waals surface area contributed by atoms with E-state index < -0.39 is 36.4 Å². The van der Waals surface area contributed by atoms with Crippen LogP contribution in [-0.4, -0.2) is 46.3 Å². The lowest BCUT2D eigenvalue weighted by Crippen LogP contribution is -2.52. The van der Waals surface area contributed by atoms with Crippen LogP contribution in [0.2, 0.25) is 0 Å². The fraction of sp³-hybridized carbons (Fsp3) is 0.571. The fourth-order valence-electron chi connectivity index (χ4n) is 1.56. The van der Waals surface area contributed by atoms with Gasteiger partial charge in [0.15, 0.2) is 0 Å². The smallest absolute Gasteiger partial charge is 0.410 e. The molecule has 1 unspecified atom stereocenters. The highest BCUT2D eigenvalue weighted by molar-refractivity contribution is 5.92. The van der Waals surface area contributed by atoms with Crippen LogP contribution < -0.4 is 10.6 Å². The maximum atomic E-state index is 13.0. The molecule has 2 amide bonds. The van der Waals surface area contributed by atoms with Crippen molar-refractivity contribution in [1.29, 1.82) is 0 Å². The molecule has 1 atom stereocenters. The van der Waals surface area contributed by atoms with Gasteiger partial charge in [0.25, 0.3) is 5.91 Å². The van der Waals surface area contributed by atoms with Crippen molar-refractivity contribution in [2.45, 2.75) is 45.5 Å². The monoisotopic (exact) mass is 348 g/mol. The number of hydrogen-bond donors (Lipinski definition) is 2. The lowest BCUT2D eigenvalue weighted by molar-refractivity contribution is -0.152. The maximum Gasteiger partial charge on any atom is 0.410 e. The third kappa shape index (κ3) is 6.80. The molecule has 134 valence electrons. The van der Waals surface area contributed by atoms with Crippen LogP contribution in [0.4, 0.5) is 18.0 Å². The highest BCUT2D eigenvalue weighted by Gasteiger charge is 2.41.